The second-order valence-electron chi connectivity index (χ2n) is 5.67. The molecule has 0 bridgehead atoms. The maximum Gasteiger partial charge on any atom is 0.273 e. The van der Waals surface area contributed by atoms with Crippen LogP contribution in [0.4, 0.5) is 0 Å². The largest absolute Gasteiger partial charge is 0.354 e. The predicted molar refractivity (Wildman–Crippen MR) is 93.3 cm³/mol. The van der Waals surface area contributed by atoms with Crippen LogP contribution in [0.1, 0.15) is 23.7 Å². The van der Waals surface area contributed by atoms with Crippen molar-refractivity contribution in [3.63, 3.8) is 0 Å². The van der Waals surface area contributed by atoms with Crippen LogP contribution in [0.2, 0.25) is 0 Å². The topological polar surface area (TPSA) is 91.8 Å². The van der Waals surface area contributed by atoms with Crippen molar-refractivity contribution in [3.05, 3.63) is 27.2 Å². The summed E-state index contributed by atoms with van der Waals surface area (Å²) >= 11 is 0. The highest BCUT2D eigenvalue weighted by atomic mass is 35.5. The maximum absolute atomic E-state index is 12.1. The number of aryl methyl sites for hydroxylation is 3. The van der Waals surface area contributed by atoms with Gasteiger partial charge in [0, 0.05) is 25.3 Å². The number of carbonyl (C=O) groups is 1. The van der Waals surface area contributed by atoms with Gasteiger partial charge in [-0.1, -0.05) is 0 Å². The first-order chi connectivity index (χ1) is 10.3. The first-order valence-corrected chi connectivity index (χ1v) is 7.33. The van der Waals surface area contributed by atoms with E-state index >= 15 is 0 Å². The Labute approximate surface area is 141 Å². The normalized spacial score (nSPS) is 12.0. The summed E-state index contributed by atoms with van der Waals surface area (Å²) in [6, 6.07) is 0.212. The van der Waals surface area contributed by atoms with Crippen molar-refractivity contribution in [2.24, 2.45) is 7.05 Å². The van der Waals surface area contributed by atoms with E-state index in [1.165, 1.54) is 0 Å². The number of carbonyl (C=O) groups excluding carboxylic acids is 1. The summed E-state index contributed by atoms with van der Waals surface area (Å²) in [4.78, 5) is 28.6. The second-order valence-corrected chi connectivity index (χ2v) is 5.67. The van der Waals surface area contributed by atoms with Crippen LogP contribution in [-0.4, -0.2) is 40.3 Å². The molecule has 0 spiro atoms. The number of rotatable bonds is 5. The molecule has 3 N–H and O–H groups in total. The minimum Gasteiger partial charge on any atom is -0.354 e. The lowest BCUT2D eigenvalue weighted by atomic mass is 10.0. The molecule has 0 aliphatic heterocycles. The Morgan fingerprint density at radius 3 is 2.65 bits per heavy atom. The number of pyridine rings is 1. The highest BCUT2D eigenvalue weighted by Crippen LogP contribution is 2.20. The molecule has 0 saturated heterocycles. The molecular formula is C15H24ClN5O2. The summed E-state index contributed by atoms with van der Waals surface area (Å²) in [6.07, 6.45) is 0.228. The molecule has 0 fully saturated rings. The number of hydrogen-bond acceptors (Lipinski definition) is 4. The highest BCUT2D eigenvalue weighted by Gasteiger charge is 2.17. The third-order valence-corrected chi connectivity index (χ3v) is 4.01. The van der Waals surface area contributed by atoms with Crippen LogP contribution < -0.4 is 16.2 Å². The predicted octanol–water partition coefficient (Wildman–Crippen LogP) is 0.567. The Hall–Kier alpha value is -1.86. The van der Waals surface area contributed by atoms with Crippen molar-refractivity contribution in [2.45, 2.75) is 33.2 Å². The molecule has 2 aromatic heterocycles. The fourth-order valence-corrected chi connectivity index (χ4v) is 2.50. The van der Waals surface area contributed by atoms with E-state index in [0.29, 0.717) is 17.6 Å². The van der Waals surface area contributed by atoms with Crippen LogP contribution in [-0.2, 0) is 18.3 Å². The SMILES string of the molecule is CNC(C)CNC(=O)Cc1c(C)nc2c(c1C)c(=O)[nH]n2C.Cl. The van der Waals surface area contributed by atoms with Gasteiger partial charge < -0.3 is 10.6 Å². The number of H-pyrrole nitrogens is 1. The van der Waals surface area contributed by atoms with Crippen LogP contribution in [0.15, 0.2) is 4.79 Å². The first kappa shape index (κ1) is 19.2. The average molecular weight is 342 g/mol. The summed E-state index contributed by atoms with van der Waals surface area (Å²) in [5.74, 6) is -0.0678. The van der Waals surface area contributed by atoms with Crippen molar-refractivity contribution < 1.29 is 4.79 Å². The number of halogens is 1. The summed E-state index contributed by atoms with van der Waals surface area (Å²) in [5, 5.41) is 9.21. The Balaban J connectivity index is 0.00000264. The zero-order valence-corrected chi connectivity index (χ0v) is 14.9. The van der Waals surface area contributed by atoms with Crippen LogP contribution >= 0.6 is 12.4 Å². The van der Waals surface area contributed by atoms with Gasteiger partial charge in [-0.25, -0.2) is 4.98 Å². The van der Waals surface area contributed by atoms with E-state index in [-0.39, 0.29) is 36.3 Å². The van der Waals surface area contributed by atoms with E-state index in [1.807, 2.05) is 27.8 Å². The lowest BCUT2D eigenvalue weighted by Gasteiger charge is -2.13. The molecule has 1 unspecified atom stereocenters. The summed E-state index contributed by atoms with van der Waals surface area (Å²) in [6.45, 7) is 6.29. The third-order valence-electron chi connectivity index (χ3n) is 4.01. The Kier molecular flexibility index (Phi) is 6.35. The van der Waals surface area contributed by atoms with E-state index in [0.717, 1.165) is 16.8 Å². The molecule has 2 rings (SSSR count). The van der Waals surface area contributed by atoms with Gasteiger partial charge in [0.15, 0.2) is 5.65 Å². The van der Waals surface area contributed by atoms with E-state index < -0.39 is 0 Å². The molecule has 7 nitrogen and oxygen atoms in total. The van der Waals surface area contributed by atoms with Crippen molar-refractivity contribution in [1.82, 2.24) is 25.4 Å². The molecule has 2 aromatic rings. The van der Waals surface area contributed by atoms with Crippen LogP contribution in [0.3, 0.4) is 0 Å². The van der Waals surface area contributed by atoms with Gasteiger partial charge in [0.25, 0.3) is 5.56 Å². The maximum atomic E-state index is 12.1. The Morgan fingerprint density at radius 2 is 2.04 bits per heavy atom. The Morgan fingerprint density at radius 1 is 1.39 bits per heavy atom. The zero-order valence-electron chi connectivity index (χ0n) is 14.1. The van der Waals surface area contributed by atoms with Crippen molar-refractivity contribution >= 4 is 29.3 Å². The smallest absolute Gasteiger partial charge is 0.273 e. The number of likely N-dealkylation sites (N-methyl/N-ethyl adjacent to an activating group) is 1. The Bertz CT molecular complexity index is 765. The van der Waals surface area contributed by atoms with Gasteiger partial charge in [0.1, 0.15) is 0 Å². The molecule has 0 aromatic carbocycles. The van der Waals surface area contributed by atoms with Gasteiger partial charge in [0.05, 0.1) is 11.8 Å². The van der Waals surface area contributed by atoms with Crippen molar-refractivity contribution in [3.8, 4) is 0 Å². The molecule has 23 heavy (non-hydrogen) atoms. The molecule has 1 amide bonds. The van der Waals surface area contributed by atoms with Crippen LogP contribution in [0, 0.1) is 13.8 Å². The highest BCUT2D eigenvalue weighted by molar-refractivity contribution is 5.85. The molecule has 0 aliphatic carbocycles. The standard InChI is InChI=1S/C15H23N5O2.ClH/c1-8(16-4)7-17-12(21)6-11-9(2)13-14(18-10(11)3)20(5)19-15(13)22;/h8,16H,6-7H2,1-5H3,(H,17,21)(H,19,22);1H. The van der Waals surface area contributed by atoms with Gasteiger partial charge in [-0.2, -0.15) is 0 Å². The number of hydrogen-bond donors (Lipinski definition) is 3. The van der Waals surface area contributed by atoms with E-state index in [4.69, 9.17) is 0 Å². The van der Waals surface area contributed by atoms with Crippen molar-refractivity contribution in [2.75, 3.05) is 13.6 Å². The van der Waals surface area contributed by atoms with Crippen molar-refractivity contribution in [1.29, 1.82) is 0 Å². The molecule has 0 radical (unpaired) electrons. The quantitative estimate of drug-likeness (QED) is 0.741. The fraction of sp³-hybridized carbons (Fsp3) is 0.533. The van der Waals surface area contributed by atoms with Gasteiger partial charge in [-0.3, -0.25) is 19.4 Å². The number of fused-ring (bicyclic) bond motifs is 1. The number of nitrogens with zero attached hydrogens (tertiary/aromatic N) is 2. The van der Waals surface area contributed by atoms with Gasteiger partial charge >= 0.3 is 0 Å². The van der Waals surface area contributed by atoms with Gasteiger partial charge in [0.2, 0.25) is 5.91 Å². The zero-order chi connectivity index (χ0) is 16.4. The minimum absolute atomic E-state index is 0. The second kappa shape index (κ2) is 7.61. The summed E-state index contributed by atoms with van der Waals surface area (Å²) < 4.78 is 1.61. The number of amides is 1. The van der Waals surface area contributed by atoms with Crippen LogP contribution in [0.5, 0.6) is 0 Å². The number of aromatic nitrogens is 3. The molecule has 0 saturated carbocycles. The third kappa shape index (κ3) is 3.92. The lowest BCUT2D eigenvalue weighted by Crippen LogP contribution is -2.38. The van der Waals surface area contributed by atoms with Gasteiger partial charge in [-0.05, 0) is 38.9 Å². The lowest BCUT2D eigenvalue weighted by molar-refractivity contribution is -0.120. The van der Waals surface area contributed by atoms with Gasteiger partial charge in [-0.15, -0.1) is 12.4 Å². The number of aromatic amines is 1. The van der Waals surface area contributed by atoms with Crippen LogP contribution in [0.25, 0.3) is 11.0 Å². The number of nitrogens with one attached hydrogen (secondary N) is 3. The molecule has 2 heterocycles. The molecule has 0 aliphatic rings. The molecular weight excluding hydrogens is 318 g/mol. The van der Waals surface area contributed by atoms with E-state index in [9.17, 15) is 9.59 Å². The molecule has 128 valence electrons. The summed E-state index contributed by atoms with van der Waals surface area (Å²) in [5.41, 5.74) is 2.86. The monoisotopic (exact) mass is 341 g/mol. The molecule has 8 heteroatoms. The molecule has 1 atom stereocenters. The average Bonchev–Trinajstić information content (AvgIpc) is 2.75. The summed E-state index contributed by atoms with van der Waals surface area (Å²) in [7, 11) is 3.60. The minimum atomic E-state index is -0.173. The van der Waals surface area contributed by atoms with E-state index in [1.54, 1.807) is 11.7 Å². The first-order valence-electron chi connectivity index (χ1n) is 7.33. The van der Waals surface area contributed by atoms with E-state index in [2.05, 4.69) is 20.7 Å². The fourth-order valence-electron chi connectivity index (χ4n) is 2.50.